The molecule has 0 aliphatic carbocycles. The molecule has 2 rings (SSSR count). The highest BCUT2D eigenvalue weighted by atomic mass is 79.9. The Morgan fingerprint density at radius 3 is 2.43 bits per heavy atom. The monoisotopic (exact) mass is 417 g/mol. The largest absolute Gasteiger partial charge is 0.337 e. The Labute approximate surface area is 138 Å². The van der Waals surface area contributed by atoms with Gasteiger partial charge in [0, 0.05) is 22.5 Å². The van der Waals surface area contributed by atoms with E-state index in [0.717, 1.165) is 16.6 Å². The van der Waals surface area contributed by atoms with Crippen LogP contribution in [0.15, 0.2) is 45.3 Å². The van der Waals surface area contributed by atoms with Crippen LogP contribution in [0.2, 0.25) is 0 Å². The van der Waals surface area contributed by atoms with Gasteiger partial charge in [0.25, 0.3) is 5.91 Å². The molecule has 0 aliphatic rings. The summed E-state index contributed by atoms with van der Waals surface area (Å²) in [5.74, 6) is -2.03. The molecule has 2 aromatic rings. The number of rotatable bonds is 3. The Balaban J connectivity index is 2.17. The summed E-state index contributed by atoms with van der Waals surface area (Å²) >= 11 is 6.65. The first-order valence-corrected chi connectivity index (χ1v) is 7.61. The molecular formula is C15H11Br2F2NO. The van der Waals surface area contributed by atoms with Crippen molar-refractivity contribution >= 4 is 37.8 Å². The van der Waals surface area contributed by atoms with Crippen LogP contribution in [-0.4, -0.2) is 17.9 Å². The minimum Gasteiger partial charge on any atom is -0.337 e. The lowest BCUT2D eigenvalue weighted by atomic mass is 10.1. The third-order valence-electron chi connectivity index (χ3n) is 2.91. The molecule has 0 unspecified atom stereocenters. The fraction of sp³-hybridized carbons (Fsp3) is 0.133. The molecule has 0 spiro atoms. The van der Waals surface area contributed by atoms with E-state index in [1.807, 2.05) is 0 Å². The predicted octanol–water partition coefficient (Wildman–Crippen LogP) is 4.76. The van der Waals surface area contributed by atoms with Crippen molar-refractivity contribution in [2.75, 3.05) is 7.05 Å². The molecule has 0 N–H and O–H groups in total. The second kappa shape index (κ2) is 6.66. The number of benzene rings is 2. The van der Waals surface area contributed by atoms with Crippen LogP contribution in [0.1, 0.15) is 15.9 Å². The van der Waals surface area contributed by atoms with Crippen LogP contribution in [0.25, 0.3) is 0 Å². The standard InChI is InChI=1S/C15H11Br2F2NO/c1-20(8-9-2-5-13(18)14(19)6-9)15(21)11-4-3-10(16)7-12(11)17/h2-7H,8H2,1H3. The molecule has 6 heteroatoms. The Bertz CT molecular complexity index is 691. The van der Waals surface area contributed by atoms with Gasteiger partial charge in [-0.05, 0) is 51.8 Å². The number of carbonyl (C=O) groups excluding carboxylic acids is 1. The van der Waals surface area contributed by atoms with Gasteiger partial charge in [-0.1, -0.05) is 22.0 Å². The van der Waals surface area contributed by atoms with E-state index in [2.05, 4.69) is 31.9 Å². The minimum atomic E-state index is -0.918. The van der Waals surface area contributed by atoms with Gasteiger partial charge in [0.1, 0.15) is 0 Å². The average molecular weight is 419 g/mol. The molecule has 0 aromatic heterocycles. The Morgan fingerprint density at radius 2 is 1.81 bits per heavy atom. The van der Waals surface area contributed by atoms with E-state index in [4.69, 9.17) is 0 Å². The quantitative estimate of drug-likeness (QED) is 0.703. The van der Waals surface area contributed by atoms with Crippen molar-refractivity contribution in [3.8, 4) is 0 Å². The highest BCUT2D eigenvalue weighted by Crippen LogP contribution is 2.23. The van der Waals surface area contributed by atoms with Gasteiger partial charge in [0.05, 0.1) is 5.56 Å². The zero-order valence-electron chi connectivity index (χ0n) is 11.0. The Kier molecular flexibility index (Phi) is 5.11. The van der Waals surface area contributed by atoms with Crippen LogP contribution in [-0.2, 0) is 6.54 Å². The molecule has 2 aromatic carbocycles. The van der Waals surface area contributed by atoms with Crippen LogP contribution in [0.4, 0.5) is 8.78 Å². The van der Waals surface area contributed by atoms with Gasteiger partial charge in [0.15, 0.2) is 11.6 Å². The van der Waals surface area contributed by atoms with Crippen molar-refractivity contribution in [1.29, 1.82) is 0 Å². The predicted molar refractivity (Wildman–Crippen MR) is 84.0 cm³/mol. The molecule has 110 valence electrons. The summed E-state index contributed by atoms with van der Waals surface area (Å²) in [6, 6.07) is 8.84. The molecule has 0 atom stereocenters. The fourth-order valence-electron chi connectivity index (χ4n) is 1.85. The van der Waals surface area contributed by atoms with E-state index >= 15 is 0 Å². The molecule has 0 saturated carbocycles. The topological polar surface area (TPSA) is 20.3 Å². The van der Waals surface area contributed by atoms with Gasteiger partial charge < -0.3 is 4.90 Å². The molecule has 1 amide bonds. The lowest BCUT2D eigenvalue weighted by Crippen LogP contribution is -2.26. The lowest BCUT2D eigenvalue weighted by molar-refractivity contribution is 0.0784. The average Bonchev–Trinajstić information content (AvgIpc) is 2.42. The maximum atomic E-state index is 13.2. The van der Waals surface area contributed by atoms with E-state index in [-0.39, 0.29) is 12.5 Å². The normalized spacial score (nSPS) is 10.5. The Morgan fingerprint density at radius 1 is 1.10 bits per heavy atom. The lowest BCUT2D eigenvalue weighted by Gasteiger charge is -2.18. The molecule has 0 aliphatic heterocycles. The molecule has 0 heterocycles. The van der Waals surface area contributed by atoms with Crippen molar-refractivity contribution < 1.29 is 13.6 Å². The van der Waals surface area contributed by atoms with E-state index < -0.39 is 11.6 Å². The van der Waals surface area contributed by atoms with E-state index in [1.165, 1.54) is 11.0 Å². The summed E-state index contributed by atoms with van der Waals surface area (Å²) in [5, 5.41) is 0. The number of halogens is 4. The first kappa shape index (κ1) is 16.1. The van der Waals surface area contributed by atoms with Crippen molar-refractivity contribution in [2.45, 2.75) is 6.54 Å². The van der Waals surface area contributed by atoms with Crippen molar-refractivity contribution in [1.82, 2.24) is 4.90 Å². The van der Waals surface area contributed by atoms with E-state index in [9.17, 15) is 13.6 Å². The van der Waals surface area contributed by atoms with Crippen molar-refractivity contribution in [2.24, 2.45) is 0 Å². The zero-order valence-corrected chi connectivity index (χ0v) is 14.2. The zero-order chi connectivity index (χ0) is 15.6. The van der Waals surface area contributed by atoms with Gasteiger partial charge in [-0.15, -0.1) is 0 Å². The van der Waals surface area contributed by atoms with Gasteiger partial charge in [-0.3, -0.25) is 4.79 Å². The number of hydrogen-bond donors (Lipinski definition) is 0. The molecule has 0 fully saturated rings. The summed E-state index contributed by atoms with van der Waals surface area (Å²) in [6.07, 6.45) is 0. The molecule has 0 radical (unpaired) electrons. The SMILES string of the molecule is CN(Cc1ccc(F)c(F)c1)C(=O)c1ccc(Br)cc1Br. The highest BCUT2D eigenvalue weighted by Gasteiger charge is 2.16. The van der Waals surface area contributed by atoms with Crippen molar-refractivity contribution in [3.63, 3.8) is 0 Å². The second-order valence-corrected chi connectivity index (χ2v) is 6.30. The fourth-order valence-corrected chi connectivity index (χ4v) is 3.07. The Hall–Kier alpha value is -1.27. The highest BCUT2D eigenvalue weighted by molar-refractivity contribution is 9.11. The molecular weight excluding hydrogens is 408 g/mol. The first-order chi connectivity index (χ1) is 9.88. The van der Waals surface area contributed by atoms with Crippen LogP contribution in [0, 0.1) is 11.6 Å². The van der Waals surface area contributed by atoms with Crippen LogP contribution >= 0.6 is 31.9 Å². The van der Waals surface area contributed by atoms with E-state index in [0.29, 0.717) is 15.6 Å². The first-order valence-electron chi connectivity index (χ1n) is 6.03. The molecule has 2 nitrogen and oxygen atoms in total. The van der Waals surface area contributed by atoms with Gasteiger partial charge in [-0.2, -0.15) is 0 Å². The van der Waals surface area contributed by atoms with E-state index in [1.54, 1.807) is 25.2 Å². The van der Waals surface area contributed by atoms with Gasteiger partial charge in [0.2, 0.25) is 0 Å². The summed E-state index contributed by atoms with van der Waals surface area (Å²) in [5.41, 5.74) is 1.03. The third kappa shape index (κ3) is 3.89. The van der Waals surface area contributed by atoms with Crippen molar-refractivity contribution in [3.05, 3.63) is 68.1 Å². The third-order valence-corrected chi connectivity index (χ3v) is 4.06. The number of nitrogens with zero attached hydrogens (tertiary/aromatic N) is 1. The minimum absolute atomic E-state index is 0.193. The number of carbonyl (C=O) groups is 1. The number of hydrogen-bond acceptors (Lipinski definition) is 1. The van der Waals surface area contributed by atoms with Crippen LogP contribution < -0.4 is 0 Å². The molecule has 21 heavy (non-hydrogen) atoms. The maximum Gasteiger partial charge on any atom is 0.255 e. The summed E-state index contributed by atoms with van der Waals surface area (Å²) in [7, 11) is 1.61. The maximum absolute atomic E-state index is 13.2. The van der Waals surface area contributed by atoms with Crippen LogP contribution in [0.3, 0.4) is 0 Å². The molecule has 0 saturated heterocycles. The summed E-state index contributed by atoms with van der Waals surface area (Å²) in [6.45, 7) is 0.193. The van der Waals surface area contributed by atoms with Gasteiger partial charge >= 0.3 is 0 Å². The number of amides is 1. The molecule has 0 bridgehead atoms. The summed E-state index contributed by atoms with van der Waals surface area (Å²) in [4.78, 5) is 13.8. The summed E-state index contributed by atoms with van der Waals surface area (Å²) < 4.78 is 27.6. The second-order valence-electron chi connectivity index (χ2n) is 4.53. The van der Waals surface area contributed by atoms with Gasteiger partial charge in [-0.25, -0.2) is 8.78 Å². The smallest absolute Gasteiger partial charge is 0.255 e. The van der Waals surface area contributed by atoms with Crippen LogP contribution in [0.5, 0.6) is 0 Å².